The number of aliphatic hydroxyl groups is 2. The van der Waals surface area contributed by atoms with Gasteiger partial charge in [-0.3, -0.25) is 9.35 Å². The minimum Gasteiger partial charge on any atom is -0.463 e. The molecule has 10 nitrogen and oxygen atoms in total. The van der Waals surface area contributed by atoms with E-state index in [0.717, 1.165) is 0 Å². The molecule has 1 fully saturated rings. The molecule has 0 aromatic heterocycles. The lowest BCUT2D eigenvalue weighted by molar-refractivity contribution is -0.239. The van der Waals surface area contributed by atoms with E-state index in [0.29, 0.717) is 5.75 Å². The molecule has 0 bridgehead atoms. The van der Waals surface area contributed by atoms with E-state index in [1.807, 2.05) is 0 Å². The van der Waals surface area contributed by atoms with Crippen LogP contribution in [-0.2, 0) is 24.1 Å². The smallest absolute Gasteiger partial charge is 0.397 e. The van der Waals surface area contributed by atoms with Gasteiger partial charge < -0.3 is 25.0 Å². The SMILES string of the molecule is CC(=O)NC1[C@H](Oc2ccccc2)OC(CO)C(OS(=O)(=O)O)[C@@H]1O. The lowest BCUT2D eigenvalue weighted by Gasteiger charge is -2.43. The number of para-hydroxylation sites is 1. The molecule has 5 atom stereocenters. The maximum atomic E-state index is 11.4. The maximum Gasteiger partial charge on any atom is 0.397 e. The molecule has 1 aromatic carbocycles. The van der Waals surface area contributed by atoms with Crippen LogP contribution in [0.4, 0.5) is 0 Å². The monoisotopic (exact) mass is 377 g/mol. The van der Waals surface area contributed by atoms with Crippen molar-refractivity contribution in [3.05, 3.63) is 30.3 Å². The lowest BCUT2D eigenvalue weighted by Crippen LogP contribution is -2.66. The quantitative estimate of drug-likeness (QED) is 0.450. The van der Waals surface area contributed by atoms with Gasteiger partial charge in [0.25, 0.3) is 0 Å². The molecular weight excluding hydrogens is 358 g/mol. The molecule has 0 spiro atoms. The van der Waals surface area contributed by atoms with Gasteiger partial charge in [-0.1, -0.05) is 18.2 Å². The van der Waals surface area contributed by atoms with Crippen LogP contribution in [0.5, 0.6) is 5.75 Å². The fourth-order valence-electron chi connectivity index (χ4n) is 2.45. The van der Waals surface area contributed by atoms with E-state index >= 15 is 0 Å². The van der Waals surface area contributed by atoms with Crippen molar-refractivity contribution in [3.63, 3.8) is 0 Å². The Balaban J connectivity index is 2.27. The van der Waals surface area contributed by atoms with Crippen LogP contribution in [-0.4, -0.2) is 66.3 Å². The lowest BCUT2D eigenvalue weighted by atomic mass is 9.97. The van der Waals surface area contributed by atoms with Crippen molar-refractivity contribution in [2.75, 3.05) is 6.61 Å². The molecule has 1 aliphatic heterocycles. The number of hydrogen-bond acceptors (Lipinski definition) is 8. The Kier molecular flexibility index (Phi) is 6.32. The van der Waals surface area contributed by atoms with Crippen LogP contribution < -0.4 is 10.1 Å². The van der Waals surface area contributed by atoms with Crippen LogP contribution in [0.15, 0.2) is 30.3 Å². The highest BCUT2D eigenvalue weighted by Crippen LogP contribution is 2.27. The highest BCUT2D eigenvalue weighted by atomic mass is 32.3. The zero-order chi connectivity index (χ0) is 18.6. The van der Waals surface area contributed by atoms with Crippen molar-refractivity contribution in [2.45, 2.75) is 37.6 Å². The van der Waals surface area contributed by atoms with Crippen LogP contribution in [0.25, 0.3) is 0 Å². The summed E-state index contributed by atoms with van der Waals surface area (Å²) in [6, 6.07) is 7.13. The van der Waals surface area contributed by atoms with Crippen molar-refractivity contribution in [1.82, 2.24) is 5.32 Å². The van der Waals surface area contributed by atoms with Crippen molar-refractivity contribution in [1.29, 1.82) is 0 Å². The van der Waals surface area contributed by atoms with Crippen molar-refractivity contribution < 1.29 is 41.6 Å². The first-order chi connectivity index (χ1) is 11.7. The first-order valence-corrected chi connectivity index (χ1v) is 8.66. The second kappa shape index (κ2) is 8.08. The molecule has 4 N–H and O–H groups in total. The molecule has 1 aliphatic rings. The molecule has 1 heterocycles. The van der Waals surface area contributed by atoms with Crippen molar-refractivity contribution >= 4 is 16.3 Å². The van der Waals surface area contributed by atoms with E-state index < -0.39 is 53.6 Å². The van der Waals surface area contributed by atoms with E-state index in [9.17, 15) is 23.4 Å². The van der Waals surface area contributed by atoms with Gasteiger partial charge in [-0.25, -0.2) is 4.18 Å². The van der Waals surface area contributed by atoms with Gasteiger partial charge in [-0.2, -0.15) is 8.42 Å². The summed E-state index contributed by atoms with van der Waals surface area (Å²) in [4.78, 5) is 11.4. The molecular formula is C14H19NO9S. The fraction of sp³-hybridized carbons (Fsp3) is 0.500. The average Bonchev–Trinajstić information content (AvgIpc) is 2.53. The third-order valence-electron chi connectivity index (χ3n) is 3.45. The first kappa shape index (κ1) is 19.6. The molecule has 1 saturated heterocycles. The summed E-state index contributed by atoms with van der Waals surface area (Å²) in [5.41, 5.74) is 0. The van der Waals surface area contributed by atoms with Gasteiger partial charge in [0, 0.05) is 6.92 Å². The molecule has 140 valence electrons. The summed E-state index contributed by atoms with van der Waals surface area (Å²) in [7, 11) is -4.93. The summed E-state index contributed by atoms with van der Waals surface area (Å²) in [5.74, 6) is -0.178. The number of carbonyl (C=O) groups excluding carboxylic acids is 1. The predicted molar refractivity (Wildman–Crippen MR) is 82.8 cm³/mol. The van der Waals surface area contributed by atoms with E-state index in [1.165, 1.54) is 6.92 Å². The molecule has 2 rings (SSSR count). The van der Waals surface area contributed by atoms with Crippen LogP contribution in [0.2, 0.25) is 0 Å². The van der Waals surface area contributed by atoms with Crippen molar-refractivity contribution in [2.24, 2.45) is 0 Å². The molecule has 11 heteroatoms. The zero-order valence-corrected chi connectivity index (χ0v) is 14.0. The first-order valence-electron chi connectivity index (χ1n) is 7.30. The Bertz CT molecular complexity index is 681. The van der Waals surface area contributed by atoms with Gasteiger partial charge in [0.2, 0.25) is 12.2 Å². The number of rotatable bonds is 6. The maximum absolute atomic E-state index is 11.4. The molecule has 0 radical (unpaired) electrons. The Morgan fingerprint density at radius 3 is 2.48 bits per heavy atom. The average molecular weight is 377 g/mol. The molecule has 0 saturated carbocycles. The van der Waals surface area contributed by atoms with Gasteiger partial charge in [0.05, 0.1) is 6.61 Å². The molecule has 0 aliphatic carbocycles. The third-order valence-corrected chi connectivity index (χ3v) is 3.92. The Labute approximate surface area is 144 Å². The summed E-state index contributed by atoms with van der Waals surface area (Å²) >= 11 is 0. The highest BCUT2D eigenvalue weighted by Gasteiger charge is 2.49. The second-order valence-electron chi connectivity index (χ2n) is 5.36. The predicted octanol–water partition coefficient (Wildman–Crippen LogP) is -1.16. The van der Waals surface area contributed by atoms with Gasteiger partial charge >= 0.3 is 10.4 Å². The summed E-state index contributed by atoms with van der Waals surface area (Å²) in [5, 5.41) is 22.2. The van der Waals surface area contributed by atoms with E-state index in [4.69, 9.17) is 14.0 Å². The van der Waals surface area contributed by atoms with E-state index in [-0.39, 0.29) is 0 Å². The molecule has 3 unspecified atom stereocenters. The van der Waals surface area contributed by atoms with Gasteiger partial charge in [-0.05, 0) is 12.1 Å². The number of hydrogen-bond donors (Lipinski definition) is 4. The van der Waals surface area contributed by atoms with E-state index in [2.05, 4.69) is 9.50 Å². The Morgan fingerprint density at radius 1 is 1.32 bits per heavy atom. The number of benzene rings is 1. The molecule has 1 aromatic rings. The molecule has 25 heavy (non-hydrogen) atoms. The molecule has 1 amide bonds. The van der Waals surface area contributed by atoms with Crippen LogP contribution in [0, 0.1) is 0 Å². The van der Waals surface area contributed by atoms with Gasteiger partial charge in [0.1, 0.15) is 30.1 Å². The second-order valence-corrected chi connectivity index (χ2v) is 6.41. The summed E-state index contributed by atoms with van der Waals surface area (Å²) in [6.45, 7) is 0.460. The number of nitrogens with one attached hydrogen (secondary N) is 1. The largest absolute Gasteiger partial charge is 0.463 e. The Morgan fingerprint density at radius 2 is 1.96 bits per heavy atom. The van der Waals surface area contributed by atoms with Crippen molar-refractivity contribution in [3.8, 4) is 5.75 Å². The van der Waals surface area contributed by atoms with Gasteiger partial charge in [-0.15, -0.1) is 0 Å². The Hall–Kier alpha value is -1.76. The van der Waals surface area contributed by atoms with Gasteiger partial charge in [0.15, 0.2) is 0 Å². The number of aliphatic hydroxyl groups excluding tert-OH is 2. The summed E-state index contributed by atoms with van der Waals surface area (Å²) in [6.07, 6.45) is -5.85. The standard InChI is InChI=1S/C14H19NO9S/c1-8(17)15-11-12(18)13(24-25(19,20)21)10(7-16)23-14(11)22-9-5-3-2-4-6-9/h2-6,10-14,16,18H,7H2,1H3,(H,15,17)(H,19,20,21)/t10?,11?,12-,13?,14-/m1/s1. The highest BCUT2D eigenvalue weighted by molar-refractivity contribution is 7.80. The zero-order valence-electron chi connectivity index (χ0n) is 13.2. The van der Waals surface area contributed by atoms with Crippen LogP contribution in [0.3, 0.4) is 0 Å². The van der Waals surface area contributed by atoms with Crippen LogP contribution >= 0.6 is 0 Å². The topological polar surface area (TPSA) is 152 Å². The fourth-order valence-corrected chi connectivity index (χ4v) is 2.97. The number of amides is 1. The minimum absolute atomic E-state index is 0.362. The van der Waals surface area contributed by atoms with E-state index in [1.54, 1.807) is 30.3 Å². The third kappa shape index (κ3) is 5.36. The van der Waals surface area contributed by atoms with Crippen LogP contribution in [0.1, 0.15) is 6.92 Å². The number of ether oxygens (including phenoxy) is 2. The minimum atomic E-state index is -4.93. The summed E-state index contributed by atoms with van der Waals surface area (Å²) < 4.78 is 46.2. The number of carbonyl (C=O) groups is 1. The normalized spacial score (nSPS) is 29.8.